The normalized spacial score (nSPS) is 19.5. The monoisotopic (exact) mass is 486 g/mol. The number of methoxy groups -OCH3 is 1. The van der Waals surface area contributed by atoms with E-state index in [-0.39, 0.29) is 30.2 Å². The first-order valence-corrected chi connectivity index (χ1v) is 12.1. The lowest BCUT2D eigenvalue weighted by molar-refractivity contribution is 0.119. The summed E-state index contributed by atoms with van der Waals surface area (Å²) >= 11 is 0. The fraction of sp³-hybridized carbons (Fsp3) is 0.423. The van der Waals surface area contributed by atoms with Crippen LogP contribution in [0.1, 0.15) is 32.4 Å². The van der Waals surface area contributed by atoms with Gasteiger partial charge in [-0.05, 0) is 38.5 Å². The molecule has 0 radical (unpaired) electrons. The van der Waals surface area contributed by atoms with Gasteiger partial charge in [0.15, 0.2) is 0 Å². The van der Waals surface area contributed by atoms with Gasteiger partial charge in [0.25, 0.3) is 5.56 Å². The minimum absolute atomic E-state index is 0.0847. The molecule has 0 N–H and O–H groups in total. The van der Waals surface area contributed by atoms with E-state index >= 15 is 0 Å². The highest BCUT2D eigenvalue weighted by Crippen LogP contribution is 2.33. The number of anilines is 1. The van der Waals surface area contributed by atoms with Gasteiger partial charge in [0, 0.05) is 44.3 Å². The Bertz CT molecular complexity index is 1540. The van der Waals surface area contributed by atoms with Crippen LogP contribution < -0.4 is 15.2 Å². The predicted molar refractivity (Wildman–Crippen MR) is 138 cm³/mol. The summed E-state index contributed by atoms with van der Waals surface area (Å²) in [5.41, 5.74) is 5.05. The van der Waals surface area contributed by atoms with Gasteiger partial charge in [-0.1, -0.05) is 6.07 Å². The summed E-state index contributed by atoms with van der Waals surface area (Å²) in [5, 5.41) is 13.8. The maximum atomic E-state index is 12.8. The lowest BCUT2D eigenvalue weighted by Crippen LogP contribution is -2.57. The molecule has 36 heavy (non-hydrogen) atoms. The maximum absolute atomic E-state index is 12.8. The first-order chi connectivity index (χ1) is 17.3. The number of nitrogens with zero attached hydrogens (tertiary/aromatic N) is 8. The van der Waals surface area contributed by atoms with Crippen molar-refractivity contribution < 1.29 is 4.74 Å². The van der Waals surface area contributed by atoms with Crippen LogP contribution in [0.25, 0.3) is 22.1 Å². The van der Waals surface area contributed by atoms with Crippen molar-refractivity contribution in [1.82, 2.24) is 29.2 Å². The smallest absolute Gasteiger partial charge is 0.252 e. The van der Waals surface area contributed by atoms with Crippen molar-refractivity contribution in [3.05, 3.63) is 52.6 Å². The molecule has 0 amide bonds. The van der Waals surface area contributed by atoms with Crippen molar-refractivity contribution >= 4 is 27.8 Å². The van der Waals surface area contributed by atoms with Crippen LogP contribution in [0.5, 0.6) is 5.88 Å². The van der Waals surface area contributed by atoms with Gasteiger partial charge in [-0.2, -0.15) is 10.4 Å². The molecule has 10 heteroatoms. The Morgan fingerprint density at radius 1 is 1.19 bits per heavy atom. The van der Waals surface area contributed by atoms with E-state index in [0.717, 1.165) is 40.8 Å². The number of piperazine rings is 1. The van der Waals surface area contributed by atoms with Gasteiger partial charge in [0.2, 0.25) is 5.88 Å². The fourth-order valence-corrected chi connectivity index (χ4v) is 5.20. The zero-order valence-electron chi connectivity index (χ0n) is 21.2. The van der Waals surface area contributed by atoms with Crippen molar-refractivity contribution in [2.45, 2.75) is 45.4 Å². The Balaban J connectivity index is 1.43. The summed E-state index contributed by atoms with van der Waals surface area (Å²) < 4.78 is 8.38. The standard InChI is InChI=1S/C26H30N8O2/c1-16-14-34(22-11-25(35)31(4)23-15-32(9-8-27)30-26(22)23)17(2)13-33(16)18(3)19-6-7-20-21(10-19)28-12-24(29-20)36-5/h6-7,10-12,15-18H,9,13-14H2,1-5H3/t16-,17+,18?/m1/s1. The van der Waals surface area contributed by atoms with E-state index in [0.29, 0.717) is 5.88 Å². The molecule has 10 nitrogen and oxygen atoms in total. The summed E-state index contributed by atoms with van der Waals surface area (Å²) in [6.07, 6.45) is 3.41. The van der Waals surface area contributed by atoms with E-state index in [1.165, 1.54) is 5.56 Å². The van der Waals surface area contributed by atoms with Crippen molar-refractivity contribution in [3.8, 4) is 11.9 Å². The molecule has 0 saturated carbocycles. The average molecular weight is 487 g/mol. The molecule has 3 atom stereocenters. The van der Waals surface area contributed by atoms with Crippen LogP contribution in [0.2, 0.25) is 0 Å². The van der Waals surface area contributed by atoms with Crippen LogP contribution in [-0.2, 0) is 13.6 Å². The molecule has 1 aliphatic heterocycles. The Morgan fingerprint density at radius 2 is 2.00 bits per heavy atom. The molecule has 0 spiro atoms. The largest absolute Gasteiger partial charge is 0.480 e. The van der Waals surface area contributed by atoms with E-state index < -0.39 is 0 Å². The average Bonchev–Trinajstić information content (AvgIpc) is 3.30. The second kappa shape index (κ2) is 9.24. The first-order valence-electron chi connectivity index (χ1n) is 12.1. The fourth-order valence-electron chi connectivity index (χ4n) is 5.20. The molecule has 4 heterocycles. The number of aromatic nitrogens is 5. The van der Waals surface area contributed by atoms with Gasteiger partial charge in [0.1, 0.15) is 12.1 Å². The van der Waals surface area contributed by atoms with Crippen molar-refractivity contribution in [2.24, 2.45) is 7.05 Å². The predicted octanol–water partition coefficient (Wildman–Crippen LogP) is 2.87. The van der Waals surface area contributed by atoms with E-state index in [1.807, 2.05) is 6.07 Å². The molecule has 3 aromatic heterocycles. The molecular formula is C26H30N8O2. The molecule has 1 unspecified atom stereocenters. The van der Waals surface area contributed by atoms with E-state index in [1.54, 1.807) is 41.9 Å². The summed E-state index contributed by atoms with van der Waals surface area (Å²) in [6.45, 7) is 8.33. The summed E-state index contributed by atoms with van der Waals surface area (Å²) in [4.78, 5) is 26.5. The summed E-state index contributed by atoms with van der Waals surface area (Å²) in [6, 6.07) is 10.6. The molecule has 1 fully saturated rings. The Kier molecular flexibility index (Phi) is 6.10. The number of hydrogen-bond acceptors (Lipinski definition) is 8. The third-order valence-electron chi connectivity index (χ3n) is 7.25. The van der Waals surface area contributed by atoms with Gasteiger partial charge in [-0.25, -0.2) is 9.97 Å². The molecular weight excluding hydrogens is 456 g/mol. The van der Waals surface area contributed by atoms with Crippen LogP contribution >= 0.6 is 0 Å². The van der Waals surface area contributed by atoms with Crippen LogP contribution in [0.4, 0.5) is 5.69 Å². The first kappa shape index (κ1) is 23.8. The number of ether oxygens (including phenoxy) is 1. The molecule has 1 aromatic carbocycles. The zero-order chi connectivity index (χ0) is 25.6. The molecule has 0 aliphatic carbocycles. The Hall–Kier alpha value is -3.97. The number of nitriles is 1. The van der Waals surface area contributed by atoms with Gasteiger partial charge < -0.3 is 14.2 Å². The minimum atomic E-state index is -0.0847. The van der Waals surface area contributed by atoms with Gasteiger partial charge in [-0.15, -0.1) is 0 Å². The topological polar surface area (TPSA) is 105 Å². The molecule has 186 valence electrons. The number of benzene rings is 1. The van der Waals surface area contributed by atoms with Crippen LogP contribution in [0.3, 0.4) is 0 Å². The van der Waals surface area contributed by atoms with Crippen molar-refractivity contribution in [3.63, 3.8) is 0 Å². The van der Waals surface area contributed by atoms with Crippen LogP contribution in [-0.4, -0.2) is 61.5 Å². The van der Waals surface area contributed by atoms with E-state index in [2.05, 4.69) is 63.8 Å². The highest BCUT2D eigenvalue weighted by atomic mass is 16.5. The molecule has 1 saturated heterocycles. The second-order valence-electron chi connectivity index (χ2n) is 9.53. The lowest BCUT2D eigenvalue weighted by atomic mass is 10.00. The molecule has 0 bridgehead atoms. The molecule has 1 aliphatic rings. The number of hydrogen-bond donors (Lipinski definition) is 0. The van der Waals surface area contributed by atoms with Gasteiger partial charge >= 0.3 is 0 Å². The van der Waals surface area contributed by atoms with Gasteiger partial charge in [0.05, 0.1) is 47.8 Å². The number of aryl methyl sites for hydroxylation is 1. The van der Waals surface area contributed by atoms with E-state index in [9.17, 15) is 4.79 Å². The van der Waals surface area contributed by atoms with Crippen molar-refractivity contribution in [2.75, 3.05) is 25.1 Å². The van der Waals surface area contributed by atoms with Gasteiger partial charge in [-0.3, -0.25) is 14.4 Å². The SMILES string of the molecule is COc1cnc2cc(C(C)N3C[C@H](C)N(c4cc(=O)n(C)c5cn(CC#N)nc45)C[C@H]3C)ccc2n1. The number of pyridine rings is 1. The quantitative estimate of drug-likeness (QED) is 0.424. The van der Waals surface area contributed by atoms with Crippen LogP contribution in [0.15, 0.2) is 41.5 Å². The Labute approximate surface area is 209 Å². The third-order valence-corrected chi connectivity index (χ3v) is 7.25. The molecule has 4 aromatic rings. The number of rotatable bonds is 5. The second-order valence-corrected chi connectivity index (χ2v) is 9.53. The zero-order valence-corrected chi connectivity index (χ0v) is 21.2. The van der Waals surface area contributed by atoms with E-state index in [4.69, 9.17) is 10.00 Å². The number of fused-ring (bicyclic) bond motifs is 2. The van der Waals surface area contributed by atoms with Crippen molar-refractivity contribution in [1.29, 1.82) is 5.26 Å². The lowest BCUT2D eigenvalue weighted by Gasteiger charge is -2.47. The highest BCUT2D eigenvalue weighted by molar-refractivity contribution is 5.88. The highest BCUT2D eigenvalue weighted by Gasteiger charge is 2.34. The minimum Gasteiger partial charge on any atom is -0.480 e. The third kappa shape index (κ3) is 4.05. The maximum Gasteiger partial charge on any atom is 0.252 e. The summed E-state index contributed by atoms with van der Waals surface area (Å²) in [7, 11) is 3.33. The van der Waals surface area contributed by atoms with Crippen LogP contribution in [0, 0.1) is 11.3 Å². The molecule has 5 rings (SSSR count). The Morgan fingerprint density at radius 3 is 2.75 bits per heavy atom. The summed E-state index contributed by atoms with van der Waals surface area (Å²) in [5.74, 6) is 0.504.